The minimum atomic E-state index is -1.27. The molecular formula is C12H9FN2O4. The molecule has 0 saturated heterocycles. The molecule has 98 valence electrons. The van der Waals surface area contributed by atoms with E-state index in [4.69, 9.17) is 9.84 Å². The molecule has 0 aliphatic carbocycles. The monoisotopic (exact) mass is 264 g/mol. The molecule has 6 nitrogen and oxygen atoms in total. The Kier molecular flexibility index (Phi) is 3.28. The highest BCUT2D eigenvalue weighted by molar-refractivity contribution is 5.90. The van der Waals surface area contributed by atoms with Gasteiger partial charge in [-0.15, -0.1) is 0 Å². The molecule has 0 bridgehead atoms. The number of hydrogen-bond donors (Lipinski definition) is 2. The molecule has 1 aromatic heterocycles. The van der Waals surface area contributed by atoms with Crippen molar-refractivity contribution in [2.24, 2.45) is 0 Å². The maximum absolute atomic E-state index is 13.1. The summed E-state index contributed by atoms with van der Waals surface area (Å²) in [6.45, 7) is 1.54. The third kappa shape index (κ3) is 2.95. The van der Waals surface area contributed by atoms with E-state index in [0.29, 0.717) is 5.82 Å². The Balaban J connectivity index is 2.45. The quantitative estimate of drug-likeness (QED) is 0.880. The zero-order chi connectivity index (χ0) is 14.0. The van der Waals surface area contributed by atoms with E-state index in [0.717, 1.165) is 24.3 Å². The second kappa shape index (κ2) is 4.89. The van der Waals surface area contributed by atoms with E-state index in [1.165, 1.54) is 6.92 Å². The van der Waals surface area contributed by atoms with Gasteiger partial charge in [0.1, 0.15) is 23.0 Å². The van der Waals surface area contributed by atoms with Gasteiger partial charge in [0.05, 0.1) is 6.07 Å². The van der Waals surface area contributed by atoms with Crippen molar-refractivity contribution in [3.05, 3.63) is 51.8 Å². The number of aromatic amines is 1. The standard InChI is InChI=1S/C12H9FN2O4/c1-6-14-10(16)5-11(15-6)19-9-4-7(13)2-3-8(9)12(17)18/h2-5H,1H3,(H,17,18)(H,14,15,16). The van der Waals surface area contributed by atoms with Gasteiger partial charge in [-0.25, -0.2) is 14.2 Å². The van der Waals surface area contributed by atoms with Crippen LogP contribution in [-0.2, 0) is 0 Å². The van der Waals surface area contributed by atoms with Crippen molar-refractivity contribution < 1.29 is 19.0 Å². The number of carboxylic acids is 1. The zero-order valence-electron chi connectivity index (χ0n) is 9.81. The lowest BCUT2D eigenvalue weighted by molar-refractivity contribution is 0.0694. The molecule has 2 N–H and O–H groups in total. The Hall–Kier alpha value is -2.70. The number of rotatable bonds is 3. The molecule has 1 heterocycles. The minimum Gasteiger partial charge on any atom is -0.478 e. The fourth-order valence-electron chi connectivity index (χ4n) is 1.47. The maximum Gasteiger partial charge on any atom is 0.339 e. The van der Waals surface area contributed by atoms with E-state index in [-0.39, 0.29) is 17.2 Å². The predicted octanol–water partition coefficient (Wildman–Crippen LogP) is 1.71. The van der Waals surface area contributed by atoms with Crippen LogP contribution in [0.2, 0.25) is 0 Å². The van der Waals surface area contributed by atoms with Crippen LogP contribution in [0, 0.1) is 12.7 Å². The second-order valence-electron chi connectivity index (χ2n) is 3.72. The summed E-state index contributed by atoms with van der Waals surface area (Å²) in [5.41, 5.74) is -0.670. The predicted molar refractivity (Wildman–Crippen MR) is 63.0 cm³/mol. The van der Waals surface area contributed by atoms with Crippen molar-refractivity contribution >= 4 is 5.97 Å². The molecule has 0 radical (unpaired) electrons. The van der Waals surface area contributed by atoms with Crippen LogP contribution < -0.4 is 10.3 Å². The van der Waals surface area contributed by atoms with Crippen LogP contribution in [0.5, 0.6) is 11.6 Å². The summed E-state index contributed by atoms with van der Waals surface area (Å²) < 4.78 is 18.3. The highest BCUT2D eigenvalue weighted by atomic mass is 19.1. The number of nitrogens with zero attached hydrogens (tertiary/aromatic N) is 1. The van der Waals surface area contributed by atoms with Gasteiger partial charge in [-0.1, -0.05) is 0 Å². The summed E-state index contributed by atoms with van der Waals surface area (Å²) in [5.74, 6) is -1.94. The van der Waals surface area contributed by atoms with Crippen LogP contribution in [0.15, 0.2) is 29.1 Å². The third-order valence-electron chi connectivity index (χ3n) is 2.23. The second-order valence-corrected chi connectivity index (χ2v) is 3.72. The average Bonchev–Trinajstić information content (AvgIpc) is 2.26. The first-order chi connectivity index (χ1) is 8.95. The van der Waals surface area contributed by atoms with Crippen molar-refractivity contribution in [2.75, 3.05) is 0 Å². The smallest absolute Gasteiger partial charge is 0.339 e. The molecule has 2 aromatic rings. The van der Waals surface area contributed by atoms with E-state index in [9.17, 15) is 14.0 Å². The van der Waals surface area contributed by atoms with Crippen LogP contribution in [0.3, 0.4) is 0 Å². The van der Waals surface area contributed by atoms with Crippen molar-refractivity contribution in [3.8, 4) is 11.6 Å². The largest absolute Gasteiger partial charge is 0.478 e. The number of ether oxygens (including phenoxy) is 1. The van der Waals surface area contributed by atoms with Crippen molar-refractivity contribution in [2.45, 2.75) is 6.92 Å². The molecular weight excluding hydrogens is 255 g/mol. The molecule has 0 unspecified atom stereocenters. The molecule has 7 heteroatoms. The van der Waals surface area contributed by atoms with Gasteiger partial charge in [0.15, 0.2) is 0 Å². The Labute approximate surface area is 106 Å². The molecule has 0 fully saturated rings. The van der Waals surface area contributed by atoms with E-state index >= 15 is 0 Å². The van der Waals surface area contributed by atoms with Gasteiger partial charge in [0.25, 0.3) is 5.56 Å². The number of halogens is 1. The molecule has 0 spiro atoms. The third-order valence-corrected chi connectivity index (χ3v) is 2.23. The van der Waals surface area contributed by atoms with E-state index in [2.05, 4.69) is 9.97 Å². The number of carbonyl (C=O) groups is 1. The van der Waals surface area contributed by atoms with Crippen LogP contribution in [-0.4, -0.2) is 21.0 Å². The fraction of sp³-hybridized carbons (Fsp3) is 0.0833. The highest BCUT2D eigenvalue weighted by Crippen LogP contribution is 2.24. The molecule has 0 aliphatic heterocycles. The Morgan fingerprint density at radius 1 is 1.42 bits per heavy atom. The van der Waals surface area contributed by atoms with E-state index in [1.54, 1.807) is 0 Å². The number of carboxylic acid groups (broad SMARTS) is 1. The minimum absolute atomic E-state index is 0.102. The lowest BCUT2D eigenvalue weighted by Crippen LogP contribution is -2.09. The fourth-order valence-corrected chi connectivity index (χ4v) is 1.47. The van der Waals surface area contributed by atoms with Gasteiger partial charge in [-0.05, 0) is 19.1 Å². The van der Waals surface area contributed by atoms with Crippen LogP contribution in [0.1, 0.15) is 16.2 Å². The summed E-state index contributed by atoms with van der Waals surface area (Å²) >= 11 is 0. The summed E-state index contributed by atoms with van der Waals surface area (Å²) in [6.07, 6.45) is 0. The van der Waals surface area contributed by atoms with E-state index in [1.807, 2.05) is 0 Å². The van der Waals surface area contributed by atoms with E-state index < -0.39 is 17.3 Å². The molecule has 19 heavy (non-hydrogen) atoms. The molecule has 2 rings (SSSR count). The van der Waals surface area contributed by atoms with Gasteiger partial charge in [0.2, 0.25) is 5.88 Å². The maximum atomic E-state index is 13.1. The molecule has 1 aromatic carbocycles. The number of nitrogens with one attached hydrogen (secondary N) is 1. The van der Waals surface area contributed by atoms with Crippen molar-refractivity contribution in [3.63, 3.8) is 0 Å². The molecule has 0 amide bonds. The SMILES string of the molecule is Cc1nc(Oc2cc(F)ccc2C(=O)O)cc(=O)[nH]1. The van der Waals surface area contributed by atoms with Gasteiger partial charge in [-0.2, -0.15) is 0 Å². The summed E-state index contributed by atoms with van der Waals surface area (Å²) in [4.78, 5) is 28.5. The molecule has 0 atom stereocenters. The van der Waals surface area contributed by atoms with Gasteiger partial charge in [0, 0.05) is 6.07 Å². The molecule has 0 saturated carbocycles. The first-order valence-corrected chi connectivity index (χ1v) is 5.24. The molecule has 0 aliphatic rings. The summed E-state index contributed by atoms with van der Waals surface area (Å²) in [5, 5.41) is 8.95. The number of aromatic carboxylic acids is 1. The van der Waals surface area contributed by atoms with Crippen LogP contribution in [0.25, 0.3) is 0 Å². The zero-order valence-corrected chi connectivity index (χ0v) is 9.81. The van der Waals surface area contributed by atoms with Crippen LogP contribution in [0.4, 0.5) is 4.39 Å². The first kappa shape index (κ1) is 12.7. The lowest BCUT2D eigenvalue weighted by atomic mass is 10.2. The summed E-state index contributed by atoms with van der Waals surface area (Å²) in [6, 6.07) is 4.05. The Morgan fingerprint density at radius 3 is 2.79 bits per heavy atom. The summed E-state index contributed by atoms with van der Waals surface area (Å²) in [7, 11) is 0. The Morgan fingerprint density at radius 2 is 2.16 bits per heavy atom. The number of hydrogen-bond acceptors (Lipinski definition) is 4. The normalized spacial score (nSPS) is 10.2. The first-order valence-electron chi connectivity index (χ1n) is 5.24. The van der Waals surface area contributed by atoms with Gasteiger partial charge < -0.3 is 14.8 Å². The number of H-pyrrole nitrogens is 1. The van der Waals surface area contributed by atoms with Gasteiger partial charge in [-0.3, -0.25) is 4.79 Å². The van der Waals surface area contributed by atoms with Crippen molar-refractivity contribution in [1.82, 2.24) is 9.97 Å². The number of aryl methyl sites for hydroxylation is 1. The van der Waals surface area contributed by atoms with Gasteiger partial charge >= 0.3 is 5.97 Å². The highest BCUT2D eigenvalue weighted by Gasteiger charge is 2.14. The average molecular weight is 264 g/mol. The number of benzene rings is 1. The Bertz CT molecular complexity index is 696. The van der Waals surface area contributed by atoms with Crippen molar-refractivity contribution in [1.29, 1.82) is 0 Å². The topological polar surface area (TPSA) is 92.3 Å². The van der Waals surface area contributed by atoms with Crippen LogP contribution >= 0.6 is 0 Å². The number of aromatic nitrogens is 2. The lowest BCUT2D eigenvalue weighted by Gasteiger charge is -2.08.